The Kier molecular flexibility index (Phi) is 9.99. The molecule has 0 bridgehead atoms. The first kappa shape index (κ1) is 31.6. The molecule has 1 saturated carbocycles. The summed E-state index contributed by atoms with van der Waals surface area (Å²) < 4.78 is 42.4. The minimum Gasteiger partial charge on any atom is -0.351 e. The summed E-state index contributed by atoms with van der Waals surface area (Å²) in [6.45, 7) is -0.00432. The lowest BCUT2D eigenvalue weighted by Gasteiger charge is -2.36. The Labute approximate surface area is 262 Å². The van der Waals surface area contributed by atoms with Crippen molar-refractivity contribution in [3.8, 4) is 6.07 Å². The molecule has 2 fully saturated rings. The standard InChI is InChI=1S/C33H34ClFN4O4S/c34-29-15-5-4-14-28(29)31(32(40)37-26-11-2-1-3-12-26)39(27-13-7-10-25(35)21-27)33(41)30-17-19-44(42,43)38(30)18-16-23-8-6-9-24(20-23)22-36/h4-10,13-15,20-21,26,30-31H,1-3,11-12,16-19H2,(H,37,40)/t30-,31?/m0/s1. The van der Waals surface area contributed by atoms with Gasteiger partial charge in [0.2, 0.25) is 21.8 Å². The van der Waals surface area contributed by atoms with E-state index in [1.54, 1.807) is 48.5 Å². The lowest BCUT2D eigenvalue weighted by Crippen LogP contribution is -2.53. The zero-order valence-electron chi connectivity index (χ0n) is 24.2. The molecule has 1 unspecified atom stereocenters. The van der Waals surface area contributed by atoms with E-state index >= 15 is 0 Å². The smallest absolute Gasteiger partial charge is 0.248 e. The molecule has 0 aromatic heterocycles. The minimum absolute atomic E-state index is 0.00432. The van der Waals surface area contributed by atoms with Gasteiger partial charge < -0.3 is 5.32 Å². The summed E-state index contributed by atoms with van der Waals surface area (Å²) in [7, 11) is -3.81. The van der Waals surface area contributed by atoms with Crippen LogP contribution in [0.2, 0.25) is 5.02 Å². The van der Waals surface area contributed by atoms with E-state index in [-0.39, 0.29) is 41.9 Å². The molecule has 2 amide bonds. The second kappa shape index (κ2) is 13.9. The van der Waals surface area contributed by atoms with E-state index < -0.39 is 39.7 Å². The number of hydrogen-bond donors (Lipinski definition) is 1. The van der Waals surface area contributed by atoms with Gasteiger partial charge in [0.25, 0.3) is 0 Å². The van der Waals surface area contributed by atoms with E-state index in [0.29, 0.717) is 11.1 Å². The molecule has 8 nitrogen and oxygen atoms in total. The zero-order chi connectivity index (χ0) is 31.3. The number of nitriles is 1. The van der Waals surface area contributed by atoms with Gasteiger partial charge in [-0.1, -0.05) is 67.3 Å². The Hall–Kier alpha value is -3.78. The van der Waals surface area contributed by atoms with Gasteiger partial charge in [-0.15, -0.1) is 0 Å². The van der Waals surface area contributed by atoms with Gasteiger partial charge in [-0.05, 0) is 67.6 Å². The Morgan fingerprint density at radius 1 is 1.02 bits per heavy atom. The monoisotopic (exact) mass is 636 g/mol. The van der Waals surface area contributed by atoms with Crippen molar-refractivity contribution in [1.82, 2.24) is 9.62 Å². The topological polar surface area (TPSA) is 111 Å². The van der Waals surface area contributed by atoms with Crippen molar-refractivity contribution in [3.63, 3.8) is 0 Å². The summed E-state index contributed by atoms with van der Waals surface area (Å²) in [4.78, 5) is 30.0. The maximum atomic E-state index is 14.7. The first-order valence-corrected chi connectivity index (χ1v) is 16.8. The maximum absolute atomic E-state index is 14.7. The number of benzene rings is 3. The van der Waals surface area contributed by atoms with Crippen LogP contribution in [0, 0.1) is 17.1 Å². The molecule has 1 N–H and O–H groups in total. The van der Waals surface area contributed by atoms with E-state index in [2.05, 4.69) is 11.4 Å². The van der Waals surface area contributed by atoms with Crippen molar-refractivity contribution in [2.45, 2.75) is 63.1 Å². The van der Waals surface area contributed by atoms with E-state index in [1.807, 2.05) is 0 Å². The van der Waals surface area contributed by atoms with E-state index in [9.17, 15) is 27.7 Å². The molecule has 2 aliphatic rings. The summed E-state index contributed by atoms with van der Waals surface area (Å²) in [6, 6.07) is 18.5. The normalized spacial score (nSPS) is 19.2. The lowest BCUT2D eigenvalue weighted by molar-refractivity contribution is -0.128. The molecule has 1 saturated heterocycles. The molecular formula is C33H34ClFN4O4S. The van der Waals surface area contributed by atoms with E-state index in [1.165, 1.54) is 27.4 Å². The maximum Gasteiger partial charge on any atom is 0.248 e. The van der Waals surface area contributed by atoms with Crippen molar-refractivity contribution in [1.29, 1.82) is 5.26 Å². The predicted molar refractivity (Wildman–Crippen MR) is 167 cm³/mol. The average molecular weight is 637 g/mol. The minimum atomic E-state index is -3.81. The fraction of sp³-hybridized carbons (Fsp3) is 0.364. The summed E-state index contributed by atoms with van der Waals surface area (Å²) in [5, 5.41) is 12.6. The second-order valence-corrected chi connectivity index (χ2v) is 13.7. The predicted octanol–water partition coefficient (Wildman–Crippen LogP) is 5.52. The third-order valence-electron chi connectivity index (χ3n) is 8.30. The van der Waals surface area contributed by atoms with Gasteiger partial charge in [0, 0.05) is 28.9 Å². The Balaban J connectivity index is 1.54. The second-order valence-electron chi connectivity index (χ2n) is 11.2. The van der Waals surface area contributed by atoms with Crippen LogP contribution in [0.4, 0.5) is 10.1 Å². The van der Waals surface area contributed by atoms with Crippen LogP contribution >= 0.6 is 11.6 Å². The zero-order valence-corrected chi connectivity index (χ0v) is 25.7. The first-order chi connectivity index (χ1) is 21.2. The first-order valence-electron chi connectivity index (χ1n) is 14.8. The third-order valence-corrected chi connectivity index (χ3v) is 10.5. The molecule has 1 aliphatic carbocycles. The Morgan fingerprint density at radius 2 is 1.77 bits per heavy atom. The van der Waals surface area contributed by atoms with Crippen LogP contribution in [-0.4, -0.2) is 48.9 Å². The summed E-state index contributed by atoms with van der Waals surface area (Å²) in [5.74, 6) is -1.97. The fourth-order valence-corrected chi connectivity index (χ4v) is 8.05. The Bertz CT molecular complexity index is 1670. The van der Waals surface area contributed by atoms with Crippen LogP contribution in [0.15, 0.2) is 72.8 Å². The molecule has 1 aliphatic heterocycles. The molecule has 230 valence electrons. The van der Waals surface area contributed by atoms with Crippen molar-refractivity contribution in [2.24, 2.45) is 0 Å². The largest absolute Gasteiger partial charge is 0.351 e. The van der Waals surface area contributed by atoms with Gasteiger partial charge in [-0.3, -0.25) is 14.5 Å². The number of nitrogens with one attached hydrogen (secondary N) is 1. The number of carbonyl (C=O) groups is 2. The molecule has 44 heavy (non-hydrogen) atoms. The summed E-state index contributed by atoms with van der Waals surface area (Å²) >= 11 is 6.63. The number of amides is 2. The van der Waals surface area contributed by atoms with Crippen molar-refractivity contribution in [2.75, 3.05) is 17.2 Å². The number of rotatable bonds is 9. The number of nitrogens with zero attached hydrogens (tertiary/aromatic N) is 3. The molecule has 3 aromatic rings. The number of halogens is 2. The number of carbonyl (C=O) groups excluding carboxylic acids is 2. The van der Waals surface area contributed by atoms with Crippen LogP contribution in [0.25, 0.3) is 0 Å². The Morgan fingerprint density at radius 3 is 2.50 bits per heavy atom. The highest BCUT2D eigenvalue weighted by molar-refractivity contribution is 7.89. The highest BCUT2D eigenvalue weighted by Gasteiger charge is 2.46. The number of anilines is 1. The fourth-order valence-electron chi connectivity index (χ4n) is 6.10. The highest BCUT2D eigenvalue weighted by atomic mass is 35.5. The summed E-state index contributed by atoms with van der Waals surface area (Å²) in [6.07, 6.45) is 4.91. The summed E-state index contributed by atoms with van der Waals surface area (Å²) in [5.41, 5.74) is 1.66. The van der Waals surface area contributed by atoms with Gasteiger partial charge >= 0.3 is 0 Å². The van der Waals surface area contributed by atoms with Gasteiger partial charge in [-0.25, -0.2) is 12.8 Å². The molecule has 3 aromatic carbocycles. The molecule has 0 spiro atoms. The van der Waals surface area contributed by atoms with Gasteiger partial charge in [-0.2, -0.15) is 9.57 Å². The van der Waals surface area contributed by atoms with Crippen molar-refractivity contribution in [3.05, 3.63) is 100 Å². The molecule has 5 rings (SSSR count). The quantitative estimate of drug-likeness (QED) is 0.333. The molecule has 0 radical (unpaired) electrons. The third kappa shape index (κ3) is 7.12. The molecule has 11 heteroatoms. The van der Waals surface area contributed by atoms with E-state index in [4.69, 9.17) is 11.6 Å². The van der Waals surface area contributed by atoms with Crippen molar-refractivity contribution >= 4 is 39.1 Å². The number of hydrogen-bond acceptors (Lipinski definition) is 5. The van der Waals surface area contributed by atoms with Crippen LogP contribution in [0.1, 0.15) is 61.3 Å². The highest BCUT2D eigenvalue weighted by Crippen LogP contribution is 2.36. The number of sulfonamides is 1. The molecule has 1 heterocycles. The molecular weight excluding hydrogens is 603 g/mol. The van der Waals surface area contributed by atoms with Gasteiger partial charge in [0.15, 0.2) is 0 Å². The van der Waals surface area contributed by atoms with Gasteiger partial charge in [0.05, 0.1) is 17.4 Å². The van der Waals surface area contributed by atoms with E-state index in [0.717, 1.165) is 43.7 Å². The molecule has 2 atom stereocenters. The average Bonchev–Trinajstić information content (AvgIpc) is 3.33. The lowest BCUT2D eigenvalue weighted by atomic mass is 9.94. The van der Waals surface area contributed by atoms with Crippen LogP contribution in [-0.2, 0) is 26.0 Å². The van der Waals surface area contributed by atoms with Crippen LogP contribution in [0.3, 0.4) is 0 Å². The van der Waals surface area contributed by atoms with Crippen molar-refractivity contribution < 1.29 is 22.4 Å². The van der Waals surface area contributed by atoms with Crippen LogP contribution in [0.5, 0.6) is 0 Å². The SMILES string of the molecule is N#Cc1cccc(CCN2[C@H](C(=O)N(c3cccc(F)c3)C(C(=O)NC3CCCCC3)c3ccccc3Cl)CCS2(=O)=O)c1. The van der Waals surface area contributed by atoms with Gasteiger partial charge in [0.1, 0.15) is 17.9 Å². The van der Waals surface area contributed by atoms with Crippen LogP contribution < -0.4 is 10.2 Å².